The first-order valence-corrected chi connectivity index (χ1v) is 2.90. The highest BCUT2D eigenvalue weighted by molar-refractivity contribution is 5.36. The van der Waals surface area contributed by atoms with Crippen LogP contribution in [0.5, 0.6) is 5.75 Å². The van der Waals surface area contributed by atoms with Gasteiger partial charge in [0.15, 0.2) is 11.6 Å². The zero-order chi connectivity index (χ0) is 7.56. The van der Waals surface area contributed by atoms with E-state index in [1.54, 1.807) is 12.1 Å². The molecule has 10 heavy (non-hydrogen) atoms. The Morgan fingerprint density at radius 2 is 2.20 bits per heavy atom. The molecule has 0 aromatic heterocycles. The molecule has 1 aromatic carbocycles. The molecule has 1 rings (SSSR count). The van der Waals surface area contributed by atoms with Gasteiger partial charge in [-0.05, 0) is 18.6 Å². The van der Waals surface area contributed by atoms with Gasteiger partial charge in [-0.25, -0.2) is 4.39 Å². The Balaban J connectivity index is 3.17. The van der Waals surface area contributed by atoms with Crippen molar-refractivity contribution < 1.29 is 9.13 Å². The lowest BCUT2D eigenvalue weighted by atomic mass is 10.2. The van der Waals surface area contributed by atoms with E-state index in [1.807, 2.05) is 0 Å². The quantitative estimate of drug-likeness (QED) is 0.578. The highest BCUT2D eigenvalue weighted by atomic mass is 19.1. The van der Waals surface area contributed by atoms with Gasteiger partial charge >= 0.3 is 0 Å². The summed E-state index contributed by atoms with van der Waals surface area (Å²) in [5, 5.41) is 0. The van der Waals surface area contributed by atoms with Gasteiger partial charge in [-0.3, -0.25) is 0 Å². The van der Waals surface area contributed by atoms with Crippen LogP contribution in [0.1, 0.15) is 5.56 Å². The average molecular weight is 139 g/mol. The molecule has 0 amide bonds. The summed E-state index contributed by atoms with van der Waals surface area (Å²) in [6.45, 7) is 3.59. The molecule has 53 valence electrons. The van der Waals surface area contributed by atoms with E-state index in [0.717, 1.165) is 0 Å². The molecule has 0 aliphatic rings. The lowest BCUT2D eigenvalue weighted by Gasteiger charge is -2.03. The summed E-state index contributed by atoms with van der Waals surface area (Å²) in [7, 11) is 1.42. The van der Waals surface area contributed by atoms with Crippen molar-refractivity contribution in [3.05, 3.63) is 36.5 Å². The first kappa shape index (κ1) is 7.06. The zero-order valence-corrected chi connectivity index (χ0v) is 5.73. The van der Waals surface area contributed by atoms with Crippen molar-refractivity contribution in [1.82, 2.24) is 0 Å². The number of halogens is 1. The highest BCUT2D eigenvalue weighted by Gasteiger charge is 2.02. The van der Waals surface area contributed by atoms with Gasteiger partial charge in [0.2, 0.25) is 0 Å². The van der Waals surface area contributed by atoms with E-state index < -0.39 is 0 Å². The molecule has 0 spiro atoms. The molecular weight excluding hydrogens is 131 g/mol. The van der Waals surface area contributed by atoms with Crippen molar-refractivity contribution in [3.63, 3.8) is 0 Å². The van der Waals surface area contributed by atoms with Crippen LogP contribution in [0, 0.1) is 12.7 Å². The summed E-state index contributed by atoms with van der Waals surface area (Å²) < 4.78 is 17.4. The van der Waals surface area contributed by atoms with Crippen molar-refractivity contribution in [2.75, 3.05) is 7.11 Å². The predicted molar refractivity (Wildman–Crippen MR) is 37.4 cm³/mol. The monoisotopic (exact) mass is 139 g/mol. The van der Waals surface area contributed by atoms with Gasteiger partial charge in [0.05, 0.1) is 7.11 Å². The summed E-state index contributed by atoms with van der Waals surface area (Å²) in [4.78, 5) is 0. The lowest BCUT2D eigenvalue weighted by molar-refractivity contribution is 0.385. The van der Waals surface area contributed by atoms with Crippen molar-refractivity contribution in [2.24, 2.45) is 0 Å². The minimum absolute atomic E-state index is 0.225. The van der Waals surface area contributed by atoms with Crippen LogP contribution in [0.25, 0.3) is 0 Å². The van der Waals surface area contributed by atoms with Gasteiger partial charge in [-0.1, -0.05) is 12.1 Å². The Hall–Kier alpha value is -1.05. The fourth-order valence-electron chi connectivity index (χ4n) is 0.782. The van der Waals surface area contributed by atoms with E-state index in [1.165, 1.54) is 13.2 Å². The number of methoxy groups -OCH3 is 1. The van der Waals surface area contributed by atoms with Crippen LogP contribution in [0.3, 0.4) is 0 Å². The predicted octanol–water partition coefficient (Wildman–Crippen LogP) is 2.02. The second-order valence-corrected chi connectivity index (χ2v) is 1.93. The molecule has 0 N–H and O–H groups in total. The molecule has 0 atom stereocenters. The third-order valence-electron chi connectivity index (χ3n) is 1.25. The molecule has 1 radical (unpaired) electrons. The summed E-state index contributed by atoms with van der Waals surface area (Å²) in [5.41, 5.74) is 0.572. The topological polar surface area (TPSA) is 9.23 Å². The molecule has 0 fully saturated rings. The van der Waals surface area contributed by atoms with Gasteiger partial charge < -0.3 is 4.74 Å². The Labute approximate surface area is 59.4 Å². The zero-order valence-electron chi connectivity index (χ0n) is 5.73. The second-order valence-electron chi connectivity index (χ2n) is 1.93. The molecule has 0 aliphatic heterocycles. The lowest BCUT2D eigenvalue weighted by Crippen LogP contribution is -1.89. The highest BCUT2D eigenvalue weighted by Crippen LogP contribution is 2.20. The van der Waals surface area contributed by atoms with Crippen LogP contribution >= 0.6 is 0 Å². The van der Waals surface area contributed by atoms with Gasteiger partial charge in [0.25, 0.3) is 0 Å². The van der Waals surface area contributed by atoms with Crippen LogP contribution in [0.4, 0.5) is 4.39 Å². The smallest absolute Gasteiger partial charge is 0.165 e. The third kappa shape index (κ3) is 1.10. The van der Waals surface area contributed by atoms with Crippen molar-refractivity contribution in [3.8, 4) is 5.75 Å². The molecule has 0 unspecified atom stereocenters. The van der Waals surface area contributed by atoms with Crippen molar-refractivity contribution in [2.45, 2.75) is 0 Å². The van der Waals surface area contributed by atoms with Crippen LogP contribution < -0.4 is 4.74 Å². The van der Waals surface area contributed by atoms with Gasteiger partial charge in [-0.15, -0.1) is 0 Å². The van der Waals surface area contributed by atoms with Crippen LogP contribution in [0.15, 0.2) is 18.2 Å². The Morgan fingerprint density at radius 1 is 1.50 bits per heavy atom. The van der Waals surface area contributed by atoms with E-state index in [2.05, 4.69) is 6.92 Å². The van der Waals surface area contributed by atoms with Crippen LogP contribution in [-0.4, -0.2) is 7.11 Å². The van der Waals surface area contributed by atoms with Gasteiger partial charge in [-0.2, -0.15) is 0 Å². The van der Waals surface area contributed by atoms with E-state index in [-0.39, 0.29) is 11.6 Å². The minimum Gasteiger partial charge on any atom is -0.493 e. The minimum atomic E-state index is -0.366. The number of ether oxygens (including phenoxy) is 1. The van der Waals surface area contributed by atoms with Crippen molar-refractivity contribution in [1.29, 1.82) is 0 Å². The molecule has 1 aromatic rings. The van der Waals surface area contributed by atoms with Crippen molar-refractivity contribution >= 4 is 0 Å². The molecule has 0 heterocycles. The van der Waals surface area contributed by atoms with E-state index >= 15 is 0 Å². The maximum absolute atomic E-state index is 12.7. The van der Waals surface area contributed by atoms with E-state index in [0.29, 0.717) is 5.56 Å². The van der Waals surface area contributed by atoms with Gasteiger partial charge in [0.1, 0.15) is 0 Å². The normalized spacial score (nSPS) is 9.50. The molecule has 0 bridgehead atoms. The van der Waals surface area contributed by atoms with Crippen LogP contribution in [0.2, 0.25) is 0 Å². The number of para-hydroxylation sites is 1. The van der Waals surface area contributed by atoms with E-state index in [4.69, 9.17) is 4.74 Å². The third-order valence-corrected chi connectivity index (χ3v) is 1.25. The molecule has 2 heteroatoms. The summed E-state index contributed by atoms with van der Waals surface area (Å²) in [5.74, 6) is -0.141. The molecule has 0 saturated carbocycles. The summed E-state index contributed by atoms with van der Waals surface area (Å²) in [6, 6.07) is 4.63. The first-order chi connectivity index (χ1) is 4.75. The Kier molecular flexibility index (Phi) is 1.90. The Bertz CT molecular complexity index is 212. The number of hydrogen-bond donors (Lipinski definition) is 0. The SMILES string of the molecule is [CH2]c1cccc(F)c1OC. The van der Waals surface area contributed by atoms with Gasteiger partial charge in [0, 0.05) is 0 Å². The van der Waals surface area contributed by atoms with E-state index in [9.17, 15) is 4.39 Å². The van der Waals surface area contributed by atoms with Crippen LogP contribution in [-0.2, 0) is 0 Å². The maximum atomic E-state index is 12.7. The molecule has 1 nitrogen and oxygen atoms in total. The number of rotatable bonds is 1. The first-order valence-electron chi connectivity index (χ1n) is 2.90. The number of hydrogen-bond acceptors (Lipinski definition) is 1. The molecule has 0 aliphatic carbocycles. The Morgan fingerprint density at radius 3 is 2.60 bits per heavy atom. The fraction of sp³-hybridized carbons (Fsp3) is 0.125. The average Bonchev–Trinajstić information content (AvgIpc) is 1.88. The largest absolute Gasteiger partial charge is 0.493 e. The summed E-state index contributed by atoms with van der Waals surface area (Å²) >= 11 is 0. The fourth-order valence-corrected chi connectivity index (χ4v) is 0.782. The maximum Gasteiger partial charge on any atom is 0.165 e. The molecule has 0 saturated heterocycles. The standard InChI is InChI=1S/C8H8FO/c1-6-4-3-5-7(9)8(6)10-2/h3-5H,1H2,2H3. The molecular formula is C8H8FO. The second kappa shape index (κ2) is 2.69. The summed E-state index contributed by atoms with van der Waals surface area (Å²) in [6.07, 6.45) is 0. The number of benzene rings is 1.